The maximum absolute atomic E-state index is 11.6. The van der Waals surface area contributed by atoms with Crippen molar-refractivity contribution in [3.8, 4) is 0 Å². The predicted octanol–water partition coefficient (Wildman–Crippen LogP) is 0.359. The number of hydrogen-bond donors (Lipinski definition) is 2. The molecule has 4 nitrogen and oxygen atoms in total. The molecule has 0 aromatic heterocycles. The molecular formula is C11H22N2O2. The zero-order chi connectivity index (χ0) is 11.3. The van der Waals surface area contributed by atoms with E-state index in [0.29, 0.717) is 13.1 Å². The molecule has 0 atom stereocenters. The molecule has 1 aliphatic rings. The SMILES string of the molecule is CCNCC(=O)N(C)CC1(O)CCCC1. The zero-order valence-corrected chi connectivity index (χ0v) is 9.75. The van der Waals surface area contributed by atoms with Gasteiger partial charge in [-0.2, -0.15) is 0 Å². The van der Waals surface area contributed by atoms with Crippen LogP contribution in [0.3, 0.4) is 0 Å². The van der Waals surface area contributed by atoms with Crippen LogP contribution in [0.1, 0.15) is 32.6 Å². The highest BCUT2D eigenvalue weighted by Gasteiger charge is 2.33. The lowest BCUT2D eigenvalue weighted by atomic mass is 10.0. The number of amides is 1. The predicted molar refractivity (Wildman–Crippen MR) is 59.6 cm³/mol. The fraction of sp³-hybridized carbons (Fsp3) is 0.909. The van der Waals surface area contributed by atoms with Crippen LogP contribution in [-0.2, 0) is 4.79 Å². The molecule has 0 aromatic rings. The van der Waals surface area contributed by atoms with Crippen molar-refractivity contribution in [2.75, 3.05) is 26.7 Å². The molecule has 88 valence electrons. The first-order chi connectivity index (χ1) is 7.07. The molecule has 2 N–H and O–H groups in total. The molecule has 0 heterocycles. The second-order valence-electron chi connectivity index (χ2n) is 4.46. The summed E-state index contributed by atoms with van der Waals surface area (Å²) >= 11 is 0. The molecule has 0 unspecified atom stereocenters. The van der Waals surface area contributed by atoms with Crippen molar-refractivity contribution in [3.63, 3.8) is 0 Å². The minimum absolute atomic E-state index is 0.0529. The fourth-order valence-corrected chi connectivity index (χ4v) is 2.09. The summed E-state index contributed by atoms with van der Waals surface area (Å²) in [6, 6.07) is 0. The number of carbonyl (C=O) groups excluding carboxylic acids is 1. The molecule has 0 saturated heterocycles. The van der Waals surface area contributed by atoms with E-state index in [0.717, 1.165) is 32.2 Å². The van der Waals surface area contributed by atoms with Gasteiger partial charge >= 0.3 is 0 Å². The van der Waals surface area contributed by atoms with Gasteiger partial charge in [-0.3, -0.25) is 4.79 Å². The molecule has 0 aromatic carbocycles. The van der Waals surface area contributed by atoms with E-state index in [-0.39, 0.29) is 5.91 Å². The summed E-state index contributed by atoms with van der Waals surface area (Å²) in [5.74, 6) is 0.0529. The highest BCUT2D eigenvalue weighted by atomic mass is 16.3. The Kier molecular flexibility index (Phi) is 4.54. The van der Waals surface area contributed by atoms with E-state index < -0.39 is 5.60 Å². The smallest absolute Gasteiger partial charge is 0.236 e. The molecule has 1 fully saturated rings. The Balaban J connectivity index is 2.33. The quantitative estimate of drug-likeness (QED) is 0.695. The number of nitrogens with zero attached hydrogens (tertiary/aromatic N) is 1. The third-order valence-electron chi connectivity index (χ3n) is 3.02. The molecule has 1 rings (SSSR count). The van der Waals surface area contributed by atoms with Gasteiger partial charge in [0.1, 0.15) is 0 Å². The average molecular weight is 214 g/mol. The van der Waals surface area contributed by atoms with E-state index in [1.807, 2.05) is 6.92 Å². The third kappa shape index (κ3) is 3.80. The van der Waals surface area contributed by atoms with E-state index >= 15 is 0 Å². The number of rotatable bonds is 5. The molecule has 1 aliphatic carbocycles. The summed E-state index contributed by atoms with van der Waals surface area (Å²) in [5.41, 5.74) is -0.628. The van der Waals surface area contributed by atoms with Crippen molar-refractivity contribution in [1.29, 1.82) is 0 Å². The maximum atomic E-state index is 11.6. The lowest BCUT2D eigenvalue weighted by molar-refractivity contribution is -0.132. The molecule has 1 amide bonds. The number of nitrogens with one attached hydrogen (secondary N) is 1. The van der Waals surface area contributed by atoms with Crippen molar-refractivity contribution in [2.45, 2.75) is 38.2 Å². The number of likely N-dealkylation sites (N-methyl/N-ethyl adjacent to an activating group) is 2. The Hall–Kier alpha value is -0.610. The Labute approximate surface area is 91.6 Å². The lowest BCUT2D eigenvalue weighted by Gasteiger charge is -2.28. The Morgan fingerprint density at radius 1 is 1.47 bits per heavy atom. The van der Waals surface area contributed by atoms with Crippen molar-refractivity contribution in [3.05, 3.63) is 0 Å². The van der Waals surface area contributed by atoms with Crippen LogP contribution in [0.15, 0.2) is 0 Å². The average Bonchev–Trinajstić information content (AvgIpc) is 2.61. The van der Waals surface area contributed by atoms with Crippen molar-refractivity contribution in [2.24, 2.45) is 0 Å². The summed E-state index contributed by atoms with van der Waals surface area (Å²) < 4.78 is 0. The highest BCUT2D eigenvalue weighted by molar-refractivity contribution is 5.78. The summed E-state index contributed by atoms with van der Waals surface area (Å²) in [7, 11) is 1.76. The van der Waals surface area contributed by atoms with Crippen LogP contribution in [0.25, 0.3) is 0 Å². The summed E-state index contributed by atoms with van der Waals surface area (Å²) in [4.78, 5) is 13.2. The first kappa shape index (κ1) is 12.5. The Morgan fingerprint density at radius 3 is 2.60 bits per heavy atom. The van der Waals surface area contributed by atoms with E-state index in [2.05, 4.69) is 5.32 Å². The summed E-state index contributed by atoms with van der Waals surface area (Å²) in [6.07, 6.45) is 3.80. The van der Waals surface area contributed by atoms with Gasteiger partial charge in [-0.05, 0) is 19.4 Å². The van der Waals surface area contributed by atoms with E-state index in [1.165, 1.54) is 0 Å². The topological polar surface area (TPSA) is 52.6 Å². The van der Waals surface area contributed by atoms with Gasteiger partial charge in [-0.15, -0.1) is 0 Å². The molecule has 4 heteroatoms. The highest BCUT2D eigenvalue weighted by Crippen LogP contribution is 2.29. The van der Waals surface area contributed by atoms with Gasteiger partial charge in [0.05, 0.1) is 12.1 Å². The standard InChI is InChI=1S/C11H22N2O2/c1-3-12-8-10(14)13(2)9-11(15)6-4-5-7-11/h12,15H,3-9H2,1-2H3. The van der Waals surface area contributed by atoms with E-state index in [4.69, 9.17) is 0 Å². The van der Waals surface area contributed by atoms with E-state index in [9.17, 15) is 9.90 Å². The second-order valence-corrected chi connectivity index (χ2v) is 4.46. The summed E-state index contributed by atoms with van der Waals surface area (Å²) in [5, 5.41) is 13.1. The first-order valence-corrected chi connectivity index (χ1v) is 5.74. The number of aliphatic hydroxyl groups is 1. The zero-order valence-electron chi connectivity index (χ0n) is 9.75. The number of carbonyl (C=O) groups is 1. The van der Waals surface area contributed by atoms with Crippen LogP contribution in [0, 0.1) is 0 Å². The minimum Gasteiger partial charge on any atom is -0.388 e. The largest absolute Gasteiger partial charge is 0.388 e. The van der Waals surface area contributed by atoms with Crippen LogP contribution in [-0.4, -0.2) is 48.2 Å². The second kappa shape index (κ2) is 5.47. The normalized spacial score (nSPS) is 19.1. The molecule has 1 saturated carbocycles. The van der Waals surface area contributed by atoms with Gasteiger partial charge in [0.15, 0.2) is 0 Å². The molecule has 0 aliphatic heterocycles. The van der Waals surface area contributed by atoms with Gasteiger partial charge < -0.3 is 15.3 Å². The molecule has 15 heavy (non-hydrogen) atoms. The first-order valence-electron chi connectivity index (χ1n) is 5.74. The molecule has 0 radical (unpaired) electrons. The lowest BCUT2D eigenvalue weighted by Crippen LogP contribution is -2.44. The van der Waals surface area contributed by atoms with Crippen LogP contribution in [0.4, 0.5) is 0 Å². The van der Waals surface area contributed by atoms with Crippen LogP contribution < -0.4 is 5.32 Å². The van der Waals surface area contributed by atoms with Crippen molar-refractivity contribution in [1.82, 2.24) is 10.2 Å². The van der Waals surface area contributed by atoms with Crippen LogP contribution >= 0.6 is 0 Å². The van der Waals surface area contributed by atoms with Gasteiger partial charge in [0, 0.05) is 13.6 Å². The van der Waals surface area contributed by atoms with Crippen molar-refractivity contribution < 1.29 is 9.90 Å². The van der Waals surface area contributed by atoms with Gasteiger partial charge in [0.2, 0.25) is 5.91 Å². The fourth-order valence-electron chi connectivity index (χ4n) is 2.09. The number of hydrogen-bond acceptors (Lipinski definition) is 3. The van der Waals surface area contributed by atoms with E-state index in [1.54, 1.807) is 11.9 Å². The molecule has 0 spiro atoms. The van der Waals surface area contributed by atoms with Crippen LogP contribution in [0.5, 0.6) is 0 Å². The third-order valence-corrected chi connectivity index (χ3v) is 3.02. The molecule has 0 bridgehead atoms. The Bertz CT molecular complexity index is 213. The van der Waals surface area contributed by atoms with Crippen molar-refractivity contribution >= 4 is 5.91 Å². The monoisotopic (exact) mass is 214 g/mol. The van der Waals surface area contributed by atoms with Crippen LogP contribution in [0.2, 0.25) is 0 Å². The van der Waals surface area contributed by atoms with Gasteiger partial charge in [-0.25, -0.2) is 0 Å². The Morgan fingerprint density at radius 2 is 2.07 bits per heavy atom. The minimum atomic E-state index is -0.628. The summed E-state index contributed by atoms with van der Waals surface area (Å²) in [6.45, 7) is 3.60. The van der Waals surface area contributed by atoms with Gasteiger partial charge in [-0.1, -0.05) is 19.8 Å². The molecular weight excluding hydrogens is 192 g/mol. The van der Waals surface area contributed by atoms with Gasteiger partial charge in [0.25, 0.3) is 0 Å². The maximum Gasteiger partial charge on any atom is 0.236 e.